The summed E-state index contributed by atoms with van der Waals surface area (Å²) in [6.45, 7) is 0.441. The van der Waals surface area contributed by atoms with Crippen LogP contribution >= 0.6 is 0 Å². The smallest absolute Gasteiger partial charge is 0.251 e. The summed E-state index contributed by atoms with van der Waals surface area (Å²) < 4.78 is 30.6. The predicted octanol–water partition coefficient (Wildman–Crippen LogP) is 1.92. The molecule has 0 aromatic heterocycles. The van der Waals surface area contributed by atoms with Gasteiger partial charge in [-0.25, -0.2) is 12.7 Å². The second-order valence-corrected chi connectivity index (χ2v) is 7.82. The number of carbonyl (C=O) groups excluding carboxylic acids is 1. The second-order valence-electron chi connectivity index (χ2n) is 5.67. The van der Waals surface area contributed by atoms with E-state index < -0.39 is 10.0 Å². The van der Waals surface area contributed by atoms with Gasteiger partial charge in [0.05, 0.1) is 12.0 Å². The largest absolute Gasteiger partial charge is 0.497 e. The van der Waals surface area contributed by atoms with Gasteiger partial charge in [-0.1, -0.05) is 18.2 Å². The third-order valence-corrected chi connectivity index (χ3v) is 5.52. The van der Waals surface area contributed by atoms with E-state index in [1.807, 2.05) is 24.3 Å². The van der Waals surface area contributed by atoms with Crippen LogP contribution in [0.5, 0.6) is 5.75 Å². The van der Waals surface area contributed by atoms with E-state index in [-0.39, 0.29) is 10.8 Å². The molecule has 1 amide bonds. The number of methoxy groups -OCH3 is 1. The molecule has 2 aromatic rings. The minimum absolute atomic E-state index is 0.0953. The molecule has 0 aliphatic rings. The van der Waals surface area contributed by atoms with E-state index in [1.165, 1.54) is 26.2 Å². The maximum atomic E-state index is 12.3. The molecule has 0 bridgehead atoms. The number of benzene rings is 2. The van der Waals surface area contributed by atoms with Crippen molar-refractivity contribution in [3.63, 3.8) is 0 Å². The molecule has 2 rings (SSSR count). The molecule has 0 unspecified atom stereocenters. The van der Waals surface area contributed by atoms with Gasteiger partial charge in [0.15, 0.2) is 0 Å². The molecule has 0 aliphatic carbocycles. The van der Waals surface area contributed by atoms with Gasteiger partial charge in [0.2, 0.25) is 10.0 Å². The van der Waals surface area contributed by atoms with Crippen LogP contribution in [0.3, 0.4) is 0 Å². The van der Waals surface area contributed by atoms with Gasteiger partial charge in [-0.05, 0) is 42.3 Å². The summed E-state index contributed by atoms with van der Waals surface area (Å²) in [7, 11) is 0.951. The molecule has 0 saturated carbocycles. The summed E-state index contributed by atoms with van der Waals surface area (Å²) in [5.74, 6) is 0.462. The number of carbonyl (C=O) groups is 1. The summed E-state index contributed by atoms with van der Waals surface area (Å²) in [6, 6.07) is 13.6. The highest BCUT2D eigenvalue weighted by Gasteiger charge is 2.18. The Bertz CT molecular complexity index is 848. The van der Waals surface area contributed by atoms with Crippen LogP contribution in [0.25, 0.3) is 0 Å². The summed E-state index contributed by atoms with van der Waals surface area (Å²) in [5, 5.41) is 2.80. The van der Waals surface area contributed by atoms with Crippen LogP contribution < -0.4 is 10.1 Å². The number of sulfonamides is 1. The number of hydrogen-bond acceptors (Lipinski definition) is 4. The summed E-state index contributed by atoms with van der Waals surface area (Å²) in [5.41, 5.74) is 1.36. The van der Waals surface area contributed by atoms with Gasteiger partial charge < -0.3 is 10.1 Å². The fourth-order valence-corrected chi connectivity index (χ4v) is 3.21. The first-order valence-corrected chi connectivity index (χ1v) is 9.22. The van der Waals surface area contributed by atoms with E-state index in [2.05, 4.69) is 5.32 Å². The van der Waals surface area contributed by atoms with Crippen molar-refractivity contribution in [1.29, 1.82) is 0 Å². The number of nitrogens with one attached hydrogen (secondary N) is 1. The molecule has 134 valence electrons. The summed E-state index contributed by atoms with van der Waals surface area (Å²) in [6.07, 6.45) is 0.651. The monoisotopic (exact) mass is 362 g/mol. The number of hydrogen-bond donors (Lipinski definition) is 1. The predicted molar refractivity (Wildman–Crippen MR) is 96.3 cm³/mol. The normalized spacial score (nSPS) is 11.4. The lowest BCUT2D eigenvalue weighted by Crippen LogP contribution is -2.26. The molecule has 0 spiro atoms. The average molecular weight is 362 g/mol. The van der Waals surface area contributed by atoms with Gasteiger partial charge in [0.1, 0.15) is 5.75 Å². The van der Waals surface area contributed by atoms with E-state index in [1.54, 1.807) is 19.2 Å². The Balaban J connectivity index is 2.01. The van der Waals surface area contributed by atoms with Crippen molar-refractivity contribution < 1.29 is 17.9 Å². The third kappa shape index (κ3) is 4.80. The molecule has 25 heavy (non-hydrogen) atoms. The molecule has 7 heteroatoms. The molecule has 0 heterocycles. The van der Waals surface area contributed by atoms with Crippen LogP contribution in [0.2, 0.25) is 0 Å². The van der Waals surface area contributed by atoms with Gasteiger partial charge in [-0.2, -0.15) is 0 Å². The zero-order valence-corrected chi connectivity index (χ0v) is 15.3. The minimum atomic E-state index is -3.56. The van der Waals surface area contributed by atoms with Gasteiger partial charge in [-0.3, -0.25) is 4.79 Å². The Kier molecular flexibility index (Phi) is 6.17. The van der Waals surface area contributed by atoms with Crippen molar-refractivity contribution >= 4 is 15.9 Å². The Morgan fingerprint density at radius 3 is 2.52 bits per heavy atom. The molecule has 1 N–H and O–H groups in total. The van der Waals surface area contributed by atoms with Crippen molar-refractivity contribution in [3.8, 4) is 5.75 Å². The van der Waals surface area contributed by atoms with E-state index in [4.69, 9.17) is 4.74 Å². The highest BCUT2D eigenvalue weighted by atomic mass is 32.2. The molecule has 2 aromatic carbocycles. The van der Waals surface area contributed by atoms with Gasteiger partial charge >= 0.3 is 0 Å². The topological polar surface area (TPSA) is 75.7 Å². The lowest BCUT2D eigenvalue weighted by Gasteiger charge is -2.12. The van der Waals surface area contributed by atoms with Crippen molar-refractivity contribution in [2.75, 3.05) is 27.7 Å². The molecular weight excluding hydrogens is 340 g/mol. The Morgan fingerprint density at radius 1 is 1.12 bits per heavy atom. The van der Waals surface area contributed by atoms with Crippen molar-refractivity contribution in [2.24, 2.45) is 0 Å². The quantitative estimate of drug-likeness (QED) is 0.816. The second kappa shape index (κ2) is 8.13. The Morgan fingerprint density at radius 2 is 1.84 bits per heavy atom. The van der Waals surface area contributed by atoms with E-state index >= 15 is 0 Å². The first-order chi connectivity index (χ1) is 11.8. The first kappa shape index (κ1) is 19.0. The SMILES string of the molecule is COc1cccc(CCNC(=O)c2cccc(S(=O)(=O)N(C)C)c2)c1. The maximum absolute atomic E-state index is 12.3. The number of rotatable bonds is 7. The van der Waals surface area contributed by atoms with E-state index in [9.17, 15) is 13.2 Å². The third-order valence-electron chi connectivity index (χ3n) is 3.71. The molecule has 0 aliphatic heterocycles. The molecule has 0 fully saturated rings. The minimum Gasteiger partial charge on any atom is -0.497 e. The van der Waals surface area contributed by atoms with E-state index in [0.29, 0.717) is 18.5 Å². The van der Waals surface area contributed by atoms with Crippen molar-refractivity contribution in [3.05, 3.63) is 59.7 Å². The molecule has 0 radical (unpaired) electrons. The standard InChI is InChI=1S/C18H22N2O4S/c1-20(2)25(22,23)17-9-5-7-15(13-17)18(21)19-11-10-14-6-4-8-16(12-14)24-3/h4-9,12-13H,10-11H2,1-3H3,(H,19,21). The molecule has 0 saturated heterocycles. The lowest BCUT2D eigenvalue weighted by molar-refractivity contribution is 0.0954. The molecule has 0 atom stereocenters. The lowest BCUT2D eigenvalue weighted by atomic mass is 10.1. The van der Waals surface area contributed by atoms with Crippen LogP contribution in [-0.4, -0.2) is 46.4 Å². The number of amides is 1. The van der Waals surface area contributed by atoms with Gasteiger partial charge in [0, 0.05) is 26.2 Å². The maximum Gasteiger partial charge on any atom is 0.251 e. The van der Waals surface area contributed by atoms with Gasteiger partial charge in [-0.15, -0.1) is 0 Å². The van der Waals surface area contributed by atoms with E-state index in [0.717, 1.165) is 15.6 Å². The molecular formula is C18H22N2O4S. The van der Waals surface area contributed by atoms with Gasteiger partial charge in [0.25, 0.3) is 5.91 Å². The van der Waals surface area contributed by atoms with Crippen LogP contribution in [0.15, 0.2) is 53.4 Å². The fraction of sp³-hybridized carbons (Fsp3) is 0.278. The summed E-state index contributed by atoms with van der Waals surface area (Å²) in [4.78, 5) is 12.4. The average Bonchev–Trinajstić information content (AvgIpc) is 2.61. The molecule has 6 nitrogen and oxygen atoms in total. The zero-order chi connectivity index (χ0) is 18.4. The van der Waals surface area contributed by atoms with Crippen LogP contribution in [0, 0.1) is 0 Å². The van der Waals surface area contributed by atoms with Crippen LogP contribution in [-0.2, 0) is 16.4 Å². The van der Waals surface area contributed by atoms with Crippen molar-refractivity contribution in [1.82, 2.24) is 9.62 Å². The van der Waals surface area contributed by atoms with Crippen LogP contribution in [0.1, 0.15) is 15.9 Å². The Hall–Kier alpha value is -2.38. The summed E-state index contributed by atoms with van der Waals surface area (Å²) >= 11 is 0. The first-order valence-electron chi connectivity index (χ1n) is 7.78. The zero-order valence-electron chi connectivity index (χ0n) is 14.5. The highest BCUT2D eigenvalue weighted by Crippen LogP contribution is 2.15. The number of nitrogens with zero attached hydrogens (tertiary/aromatic N) is 1. The van der Waals surface area contributed by atoms with Crippen LogP contribution in [0.4, 0.5) is 0 Å². The highest BCUT2D eigenvalue weighted by molar-refractivity contribution is 7.89. The van der Waals surface area contributed by atoms with Crippen molar-refractivity contribution in [2.45, 2.75) is 11.3 Å². The number of ether oxygens (including phenoxy) is 1. The fourth-order valence-electron chi connectivity index (χ4n) is 2.26. The Labute approximate surface area is 148 Å².